The van der Waals surface area contributed by atoms with Gasteiger partial charge < -0.3 is 23.6 Å². The number of methoxy groups -OCH3 is 1. The average Bonchev–Trinajstić information content (AvgIpc) is 3.43. The lowest BCUT2D eigenvalue weighted by Crippen LogP contribution is -2.11. The lowest BCUT2D eigenvalue weighted by Gasteiger charge is -2.09. The lowest BCUT2D eigenvalue weighted by molar-refractivity contribution is 0.301. The molecule has 1 N–H and O–H groups in total. The number of rotatable bonds is 9. The van der Waals surface area contributed by atoms with Gasteiger partial charge >= 0.3 is 5.63 Å². The largest absolute Gasteiger partial charge is 0.503 e. The van der Waals surface area contributed by atoms with Gasteiger partial charge in [0.2, 0.25) is 5.43 Å². The zero-order chi connectivity index (χ0) is 27.4. The number of aliphatic imine (C=N–C) groups is 1. The number of hydrogen-bond donors (Lipinski definition) is 1. The number of fused-ring (bicyclic) bond motifs is 1. The number of ether oxygens (including phenoxy) is 2. The van der Waals surface area contributed by atoms with E-state index in [9.17, 15) is 14.7 Å². The molecule has 0 bridgehead atoms. The summed E-state index contributed by atoms with van der Waals surface area (Å²) in [5.41, 5.74) is 1.98. The van der Waals surface area contributed by atoms with Gasteiger partial charge in [-0.05, 0) is 43.3 Å². The van der Waals surface area contributed by atoms with E-state index in [1.165, 1.54) is 12.1 Å². The lowest BCUT2D eigenvalue weighted by atomic mass is 10.1. The van der Waals surface area contributed by atoms with Crippen LogP contribution in [-0.2, 0) is 13.2 Å². The Bertz CT molecular complexity index is 1770. The molecule has 0 aliphatic heterocycles. The number of pyridine rings is 1. The maximum absolute atomic E-state index is 12.2. The van der Waals surface area contributed by atoms with Gasteiger partial charge in [0.15, 0.2) is 5.75 Å². The number of nitrogens with zero attached hydrogens (tertiary/aromatic N) is 5. The fraction of sp³-hybridized carbons (Fsp3) is 0.179. The molecule has 0 atom stereocenters. The third kappa shape index (κ3) is 5.72. The summed E-state index contributed by atoms with van der Waals surface area (Å²) in [4.78, 5) is 28.1. The Balaban J connectivity index is 1.26. The van der Waals surface area contributed by atoms with Gasteiger partial charge in [0.05, 0.1) is 31.2 Å². The first kappa shape index (κ1) is 25.5. The average molecular weight is 528 g/mol. The number of benzene rings is 2. The van der Waals surface area contributed by atoms with Crippen LogP contribution < -0.4 is 20.5 Å². The Hall–Kier alpha value is -5.19. The third-order valence-electron chi connectivity index (χ3n) is 6.13. The molecule has 0 aliphatic rings. The molecule has 5 aromatic rings. The second kappa shape index (κ2) is 11.1. The first-order valence-corrected chi connectivity index (χ1v) is 12.1. The monoisotopic (exact) mass is 527 g/mol. The molecule has 2 aromatic carbocycles. The van der Waals surface area contributed by atoms with Crippen LogP contribution in [0, 0.1) is 6.92 Å². The summed E-state index contributed by atoms with van der Waals surface area (Å²) in [6, 6.07) is 15.3. The summed E-state index contributed by atoms with van der Waals surface area (Å²) in [6.45, 7) is 2.67. The molecule has 3 heterocycles. The van der Waals surface area contributed by atoms with Crippen LogP contribution in [0.2, 0.25) is 0 Å². The highest BCUT2D eigenvalue weighted by Crippen LogP contribution is 2.23. The molecule has 0 radical (unpaired) electrons. The van der Waals surface area contributed by atoms with Crippen molar-refractivity contribution in [3.05, 3.63) is 105 Å². The van der Waals surface area contributed by atoms with Crippen molar-refractivity contribution in [2.24, 2.45) is 4.99 Å². The highest BCUT2D eigenvalue weighted by molar-refractivity contribution is 5.97. The Morgan fingerprint density at radius 3 is 2.67 bits per heavy atom. The first-order valence-electron chi connectivity index (χ1n) is 12.1. The highest BCUT2D eigenvalue weighted by atomic mass is 16.5. The van der Waals surface area contributed by atoms with Crippen molar-refractivity contribution in [3.63, 3.8) is 0 Å². The van der Waals surface area contributed by atoms with E-state index < -0.39 is 11.1 Å². The van der Waals surface area contributed by atoms with Crippen molar-refractivity contribution in [2.75, 3.05) is 13.7 Å². The normalized spacial score (nSPS) is 11.3. The van der Waals surface area contributed by atoms with E-state index in [-0.39, 0.29) is 12.4 Å². The second-order valence-corrected chi connectivity index (χ2v) is 8.66. The van der Waals surface area contributed by atoms with Crippen LogP contribution in [0.5, 0.6) is 17.2 Å². The van der Waals surface area contributed by atoms with Crippen LogP contribution in [0.3, 0.4) is 0 Å². The number of aromatic nitrogens is 4. The van der Waals surface area contributed by atoms with E-state index in [2.05, 4.69) is 15.3 Å². The minimum Gasteiger partial charge on any atom is -0.503 e. The maximum Gasteiger partial charge on any atom is 0.336 e. The highest BCUT2D eigenvalue weighted by Gasteiger charge is 2.09. The first-order chi connectivity index (χ1) is 18.9. The van der Waals surface area contributed by atoms with Crippen molar-refractivity contribution in [2.45, 2.75) is 20.1 Å². The fourth-order valence-corrected chi connectivity index (χ4v) is 3.98. The quantitative estimate of drug-likeness (QED) is 0.228. The van der Waals surface area contributed by atoms with Gasteiger partial charge in [-0.3, -0.25) is 9.79 Å². The molecule has 0 fully saturated rings. The summed E-state index contributed by atoms with van der Waals surface area (Å²) >= 11 is 0. The molecule has 0 saturated heterocycles. The molecule has 0 saturated carbocycles. The van der Waals surface area contributed by atoms with Gasteiger partial charge in [-0.2, -0.15) is 0 Å². The Labute approximate surface area is 222 Å². The molecular weight excluding hydrogens is 502 g/mol. The summed E-state index contributed by atoms with van der Waals surface area (Å²) in [7, 11) is 1.61. The van der Waals surface area contributed by atoms with Crippen molar-refractivity contribution in [1.82, 2.24) is 19.6 Å². The van der Waals surface area contributed by atoms with E-state index in [1.54, 1.807) is 60.1 Å². The van der Waals surface area contributed by atoms with Crippen LogP contribution in [0.15, 0.2) is 86.0 Å². The van der Waals surface area contributed by atoms with Crippen LogP contribution >= 0.6 is 0 Å². The predicted molar refractivity (Wildman–Crippen MR) is 144 cm³/mol. The minimum atomic E-state index is -0.510. The Morgan fingerprint density at radius 1 is 1.08 bits per heavy atom. The summed E-state index contributed by atoms with van der Waals surface area (Å²) in [6.07, 6.45) is 4.99. The summed E-state index contributed by atoms with van der Waals surface area (Å²) < 4.78 is 19.8. The Morgan fingerprint density at radius 2 is 1.87 bits per heavy atom. The molecule has 11 heteroatoms. The van der Waals surface area contributed by atoms with E-state index in [1.807, 2.05) is 24.3 Å². The number of hydrogen-bond acceptors (Lipinski definition) is 9. The van der Waals surface area contributed by atoms with E-state index in [0.29, 0.717) is 46.8 Å². The van der Waals surface area contributed by atoms with Crippen LogP contribution in [-0.4, -0.2) is 44.5 Å². The zero-order valence-corrected chi connectivity index (χ0v) is 21.3. The summed E-state index contributed by atoms with van der Waals surface area (Å²) in [5, 5.41) is 18.8. The van der Waals surface area contributed by atoms with Gasteiger partial charge in [-0.25, -0.2) is 9.48 Å². The van der Waals surface area contributed by atoms with E-state index in [0.717, 1.165) is 11.4 Å². The van der Waals surface area contributed by atoms with E-state index in [4.69, 9.17) is 13.9 Å². The van der Waals surface area contributed by atoms with Gasteiger partial charge in [-0.1, -0.05) is 5.21 Å². The standard InChI is InChI=1S/C28H25N5O6/c1-18-28(36)25(34)9-11-32(18)12-10-29-15-19-13-27(35)39-26-14-23(7-8-24(19)26)38-17-20-16-33(31-30-20)21-3-5-22(37-2)6-4-21/h3-9,11,13-16,36H,10,12,17H2,1-2H3. The van der Waals surface area contributed by atoms with Crippen LogP contribution in [0.1, 0.15) is 17.0 Å². The maximum atomic E-state index is 12.2. The molecule has 0 aliphatic carbocycles. The van der Waals surface area contributed by atoms with Gasteiger partial charge in [0.1, 0.15) is 29.4 Å². The van der Waals surface area contributed by atoms with Crippen molar-refractivity contribution in [1.29, 1.82) is 0 Å². The molecule has 0 spiro atoms. The van der Waals surface area contributed by atoms with Crippen molar-refractivity contribution >= 4 is 17.2 Å². The third-order valence-corrected chi connectivity index (χ3v) is 6.13. The predicted octanol–water partition coefficient (Wildman–Crippen LogP) is 3.26. The molecule has 0 unspecified atom stereocenters. The fourth-order valence-electron chi connectivity index (χ4n) is 3.98. The molecule has 5 rings (SSSR count). The molecule has 11 nitrogen and oxygen atoms in total. The van der Waals surface area contributed by atoms with Gasteiger partial charge in [-0.15, -0.1) is 5.10 Å². The Kier molecular flexibility index (Phi) is 7.21. The van der Waals surface area contributed by atoms with E-state index >= 15 is 0 Å². The van der Waals surface area contributed by atoms with Crippen molar-refractivity contribution in [3.8, 4) is 22.9 Å². The molecule has 3 aromatic heterocycles. The topological polar surface area (TPSA) is 134 Å². The smallest absolute Gasteiger partial charge is 0.336 e. The molecule has 0 amide bonds. The van der Waals surface area contributed by atoms with Gasteiger partial charge in [0, 0.05) is 48.1 Å². The SMILES string of the molecule is COc1ccc(-n2cc(COc3ccc4c(C=NCCn5ccc(=O)c(O)c5C)cc(=O)oc4c3)nn2)cc1. The van der Waals surface area contributed by atoms with Crippen molar-refractivity contribution < 1.29 is 19.0 Å². The molecular formula is C28H25N5O6. The zero-order valence-electron chi connectivity index (χ0n) is 21.3. The molecule has 198 valence electrons. The van der Waals surface area contributed by atoms with Crippen LogP contribution in [0.25, 0.3) is 16.7 Å². The summed E-state index contributed by atoms with van der Waals surface area (Å²) in [5.74, 6) is 0.988. The minimum absolute atomic E-state index is 0.174. The molecule has 39 heavy (non-hydrogen) atoms. The van der Waals surface area contributed by atoms with Crippen LogP contribution in [0.4, 0.5) is 0 Å². The number of aromatic hydroxyl groups is 1. The second-order valence-electron chi connectivity index (χ2n) is 8.66. The van der Waals surface area contributed by atoms with Gasteiger partial charge in [0.25, 0.3) is 0 Å².